The van der Waals surface area contributed by atoms with E-state index in [0.29, 0.717) is 18.4 Å². The third kappa shape index (κ3) is 3.73. The molecule has 7 rings (SSSR count). The van der Waals surface area contributed by atoms with Crippen molar-refractivity contribution < 1.29 is 32.9 Å². The van der Waals surface area contributed by atoms with Crippen LogP contribution in [0.2, 0.25) is 0 Å². The number of carbonyl (C=O) groups is 1. The van der Waals surface area contributed by atoms with E-state index >= 15 is 0 Å². The Hall–Kier alpha value is -3.65. The summed E-state index contributed by atoms with van der Waals surface area (Å²) in [6, 6.07) is 20.4. The molecule has 3 aromatic rings. The van der Waals surface area contributed by atoms with E-state index in [1.807, 2.05) is 24.3 Å². The van der Waals surface area contributed by atoms with E-state index in [-0.39, 0.29) is 42.2 Å². The Balaban J connectivity index is 1.09. The van der Waals surface area contributed by atoms with Crippen LogP contribution in [0.5, 0.6) is 11.5 Å². The maximum absolute atomic E-state index is 13.5. The van der Waals surface area contributed by atoms with Gasteiger partial charge in [0.05, 0.1) is 5.60 Å². The molecule has 2 fully saturated rings. The van der Waals surface area contributed by atoms with Crippen LogP contribution >= 0.6 is 0 Å². The second kappa shape index (κ2) is 8.43. The number of fused-ring (bicyclic) bond motifs is 6. The maximum atomic E-state index is 13.5. The summed E-state index contributed by atoms with van der Waals surface area (Å²) in [6.07, 6.45) is -1.06. The molecule has 1 amide bonds. The summed E-state index contributed by atoms with van der Waals surface area (Å²) in [6.45, 7) is 0.240. The van der Waals surface area contributed by atoms with Crippen molar-refractivity contribution in [3.05, 3.63) is 83.4 Å². The molecule has 6 nitrogen and oxygen atoms in total. The van der Waals surface area contributed by atoms with Gasteiger partial charge in [0.25, 0.3) is 0 Å². The zero-order chi connectivity index (χ0) is 26.1. The first-order valence-electron chi connectivity index (χ1n) is 13.1. The number of hydrogen-bond donors (Lipinski definition) is 1. The molecule has 4 aliphatic rings. The lowest BCUT2D eigenvalue weighted by Gasteiger charge is -2.51. The number of amides is 1. The predicted molar refractivity (Wildman–Crippen MR) is 134 cm³/mol. The number of aliphatic hydroxyl groups is 1. The highest BCUT2D eigenvalue weighted by Gasteiger charge is 2.50. The Bertz CT molecular complexity index is 1370. The number of hydrogen-bond acceptors (Lipinski definition) is 5. The van der Waals surface area contributed by atoms with Gasteiger partial charge in [-0.25, -0.2) is 4.79 Å². The summed E-state index contributed by atoms with van der Waals surface area (Å²) >= 11 is 0. The molecule has 3 aromatic carbocycles. The van der Waals surface area contributed by atoms with E-state index in [1.54, 1.807) is 11.0 Å². The Kier molecular flexibility index (Phi) is 5.20. The molecule has 1 aliphatic carbocycles. The van der Waals surface area contributed by atoms with Crippen LogP contribution in [0.1, 0.15) is 54.7 Å². The maximum Gasteiger partial charge on any atom is 0.586 e. The minimum atomic E-state index is -3.71. The fourth-order valence-electron chi connectivity index (χ4n) is 6.87. The lowest BCUT2D eigenvalue weighted by molar-refractivity contribution is -0.286. The number of ether oxygens (including phenoxy) is 3. The van der Waals surface area contributed by atoms with Crippen molar-refractivity contribution in [2.24, 2.45) is 0 Å². The number of halogens is 2. The minimum Gasteiger partial charge on any atom is -0.448 e. The van der Waals surface area contributed by atoms with Gasteiger partial charge in [-0.2, -0.15) is 0 Å². The zero-order valence-corrected chi connectivity index (χ0v) is 20.6. The molecule has 38 heavy (non-hydrogen) atoms. The molecule has 2 atom stereocenters. The van der Waals surface area contributed by atoms with E-state index in [9.17, 15) is 18.7 Å². The predicted octanol–water partition coefficient (Wildman–Crippen LogP) is 6.16. The summed E-state index contributed by atoms with van der Waals surface area (Å²) < 4.78 is 42.1. The third-order valence-corrected chi connectivity index (χ3v) is 8.49. The average Bonchev–Trinajstić information content (AvgIpc) is 3.39. The lowest BCUT2D eigenvalue weighted by Crippen LogP contribution is -2.59. The molecule has 3 heterocycles. The SMILES string of the molecule is O=C(OCC1c2ccccc2-c2ccccc21)N1C2CCCC1CC(O)(c1ccc3c(c1)OC(F)(F)O3)C2. The van der Waals surface area contributed by atoms with Gasteiger partial charge in [0.1, 0.15) is 6.61 Å². The number of alkyl halides is 2. The Morgan fingerprint density at radius 3 is 2.18 bits per heavy atom. The molecular formula is C30H27F2NO5. The first-order valence-corrected chi connectivity index (χ1v) is 13.1. The molecule has 2 saturated heterocycles. The van der Waals surface area contributed by atoms with Crippen molar-refractivity contribution in [2.75, 3.05) is 6.61 Å². The van der Waals surface area contributed by atoms with E-state index in [4.69, 9.17) is 4.74 Å². The summed E-state index contributed by atoms with van der Waals surface area (Å²) in [5.74, 6) is -0.177. The smallest absolute Gasteiger partial charge is 0.448 e. The van der Waals surface area contributed by atoms with E-state index in [1.165, 1.54) is 23.3 Å². The second-order valence-electron chi connectivity index (χ2n) is 10.7. The van der Waals surface area contributed by atoms with Gasteiger partial charge in [-0.15, -0.1) is 8.78 Å². The van der Waals surface area contributed by atoms with Gasteiger partial charge in [-0.05, 0) is 59.2 Å². The van der Waals surface area contributed by atoms with Gasteiger partial charge < -0.3 is 24.2 Å². The quantitative estimate of drug-likeness (QED) is 0.449. The number of carbonyl (C=O) groups excluding carboxylic acids is 1. The van der Waals surface area contributed by atoms with E-state index in [2.05, 4.69) is 33.7 Å². The Morgan fingerprint density at radius 2 is 1.53 bits per heavy atom. The normalized spacial score (nSPS) is 26.6. The van der Waals surface area contributed by atoms with Crippen molar-refractivity contribution in [3.63, 3.8) is 0 Å². The number of nitrogens with zero attached hydrogens (tertiary/aromatic N) is 1. The largest absolute Gasteiger partial charge is 0.586 e. The highest BCUT2D eigenvalue weighted by atomic mass is 19.3. The fraction of sp³-hybridized carbons (Fsp3) is 0.367. The molecule has 2 unspecified atom stereocenters. The lowest BCUT2D eigenvalue weighted by atomic mass is 9.72. The molecule has 0 radical (unpaired) electrons. The third-order valence-electron chi connectivity index (χ3n) is 8.49. The molecule has 8 heteroatoms. The first kappa shape index (κ1) is 23.5. The van der Waals surface area contributed by atoms with Crippen LogP contribution in [0, 0.1) is 0 Å². The Morgan fingerprint density at radius 1 is 0.921 bits per heavy atom. The van der Waals surface area contributed by atoms with E-state index in [0.717, 1.165) is 30.4 Å². The van der Waals surface area contributed by atoms with Gasteiger partial charge in [0, 0.05) is 30.8 Å². The highest BCUT2D eigenvalue weighted by Crippen LogP contribution is 2.49. The van der Waals surface area contributed by atoms with Gasteiger partial charge >= 0.3 is 12.4 Å². The molecule has 0 aromatic heterocycles. The van der Waals surface area contributed by atoms with Gasteiger partial charge in [-0.3, -0.25) is 0 Å². The van der Waals surface area contributed by atoms with Crippen LogP contribution < -0.4 is 9.47 Å². The minimum absolute atomic E-state index is 0.0281. The molecule has 0 saturated carbocycles. The highest BCUT2D eigenvalue weighted by molar-refractivity contribution is 5.79. The molecule has 0 spiro atoms. The Labute approximate surface area is 218 Å². The molecule has 3 aliphatic heterocycles. The standard InChI is InChI=1S/C30H27F2NO5/c31-30(32)37-26-13-12-18(14-27(26)38-30)29(35)15-19-6-5-7-20(16-29)33(19)28(34)36-17-25-23-10-3-1-8-21(23)22-9-2-4-11-24(22)25/h1-4,8-14,19-20,25,35H,5-7,15-17H2. The van der Waals surface area contributed by atoms with Crippen molar-refractivity contribution in [2.45, 2.75) is 62.0 Å². The van der Waals surface area contributed by atoms with E-state index < -0.39 is 11.9 Å². The van der Waals surface area contributed by atoms with Gasteiger partial charge in [0.2, 0.25) is 0 Å². The van der Waals surface area contributed by atoms with Crippen LogP contribution in [0.15, 0.2) is 66.7 Å². The number of rotatable bonds is 3. The average molecular weight is 520 g/mol. The first-order chi connectivity index (χ1) is 18.3. The molecule has 2 bridgehead atoms. The summed E-state index contributed by atoms with van der Waals surface area (Å²) in [7, 11) is 0. The fourth-order valence-corrected chi connectivity index (χ4v) is 6.87. The van der Waals surface area contributed by atoms with Crippen LogP contribution in [-0.2, 0) is 10.3 Å². The van der Waals surface area contributed by atoms with Crippen LogP contribution in [-0.4, -0.2) is 41.1 Å². The van der Waals surface area contributed by atoms with Crippen molar-refractivity contribution in [3.8, 4) is 22.6 Å². The van der Waals surface area contributed by atoms with Crippen LogP contribution in [0.25, 0.3) is 11.1 Å². The summed E-state index contributed by atoms with van der Waals surface area (Å²) in [5.41, 5.74) is 3.87. The van der Waals surface area contributed by atoms with Crippen LogP contribution in [0.3, 0.4) is 0 Å². The second-order valence-corrected chi connectivity index (χ2v) is 10.7. The number of benzene rings is 3. The van der Waals surface area contributed by atoms with Crippen molar-refractivity contribution >= 4 is 6.09 Å². The molecular weight excluding hydrogens is 492 g/mol. The van der Waals surface area contributed by atoms with Crippen LogP contribution in [0.4, 0.5) is 13.6 Å². The van der Waals surface area contributed by atoms with Crippen molar-refractivity contribution in [1.29, 1.82) is 0 Å². The summed E-state index contributed by atoms with van der Waals surface area (Å²) in [4.78, 5) is 15.3. The van der Waals surface area contributed by atoms with Gasteiger partial charge in [0.15, 0.2) is 11.5 Å². The topological polar surface area (TPSA) is 68.2 Å². The molecule has 196 valence electrons. The van der Waals surface area contributed by atoms with Crippen molar-refractivity contribution in [1.82, 2.24) is 4.90 Å². The van der Waals surface area contributed by atoms with Gasteiger partial charge in [-0.1, -0.05) is 54.6 Å². The number of piperidine rings is 2. The zero-order valence-electron chi connectivity index (χ0n) is 20.6. The summed E-state index contributed by atoms with van der Waals surface area (Å²) in [5, 5.41) is 11.7. The monoisotopic (exact) mass is 519 g/mol. The molecule has 1 N–H and O–H groups in total.